The van der Waals surface area contributed by atoms with Crippen LogP contribution in [0.1, 0.15) is 30.0 Å². The molecule has 1 N–H and O–H groups in total. The van der Waals surface area contributed by atoms with Gasteiger partial charge in [-0.3, -0.25) is 0 Å². The summed E-state index contributed by atoms with van der Waals surface area (Å²) in [5.74, 6) is -0.428. The highest BCUT2D eigenvalue weighted by molar-refractivity contribution is 6.43. The number of carbonyl (C=O) groups is 1. The van der Waals surface area contributed by atoms with E-state index in [4.69, 9.17) is 23.2 Å². The lowest BCUT2D eigenvalue weighted by Crippen LogP contribution is -2.44. The summed E-state index contributed by atoms with van der Waals surface area (Å²) in [6.07, 6.45) is 3.60. The van der Waals surface area contributed by atoms with Crippen molar-refractivity contribution in [3.8, 4) is 0 Å². The number of pyridine rings is 1. The zero-order chi connectivity index (χ0) is 16.8. The molecule has 0 unspecified atom stereocenters. The minimum atomic E-state index is -0.428. The van der Waals surface area contributed by atoms with E-state index in [1.807, 2.05) is 0 Å². The normalized spacial score (nSPS) is 21.5. The molecule has 2 atom stereocenters. The molecule has 3 heterocycles. The lowest BCUT2D eigenvalue weighted by atomic mass is 9.95. The van der Waals surface area contributed by atoms with Crippen molar-refractivity contribution in [2.24, 2.45) is 0 Å². The van der Waals surface area contributed by atoms with Gasteiger partial charge in [-0.25, -0.2) is 9.78 Å². The van der Waals surface area contributed by atoms with Crippen LogP contribution in [0.2, 0.25) is 10.0 Å². The second kappa shape index (κ2) is 5.90. The third-order valence-electron chi connectivity index (χ3n) is 4.77. The standard InChI is InChI=1S/C17H14Cl2FN3O/c18-12-2-1-3-13(15(12)19)22-17(24)23-9-4-5-14(23)10-6-7-21-16(20)11(10)8-9/h1-3,6-7,9,14H,4-5,8H2,(H,22,24)/t9-,14+/m1/s1. The number of nitrogens with zero attached hydrogens (tertiary/aromatic N) is 2. The van der Waals surface area contributed by atoms with Gasteiger partial charge in [0.1, 0.15) is 0 Å². The van der Waals surface area contributed by atoms with Gasteiger partial charge in [0.25, 0.3) is 0 Å². The fourth-order valence-electron chi connectivity index (χ4n) is 3.71. The van der Waals surface area contributed by atoms with E-state index in [1.165, 1.54) is 6.20 Å². The van der Waals surface area contributed by atoms with Crippen molar-refractivity contribution in [1.29, 1.82) is 0 Å². The van der Waals surface area contributed by atoms with Crippen molar-refractivity contribution in [1.82, 2.24) is 9.88 Å². The molecule has 0 saturated carbocycles. The van der Waals surface area contributed by atoms with Gasteiger partial charge in [-0.1, -0.05) is 29.3 Å². The SMILES string of the molecule is O=C(Nc1cccc(Cl)c1Cl)N1[C@@H]2CC[C@H]1c1ccnc(F)c1C2. The Bertz CT molecular complexity index is 829. The van der Waals surface area contributed by atoms with Crippen molar-refractivity contribution in [2.75, 3.05) is 5.32 Å². The van der Waals surface area contributed by atoms with Crippen molar-refractivity contribution in [2.45, 2.75) is 31.3 Å². The molecule has 24 heavy (non-hydrogen) atoms. The molecule has 1 aromatic carbocycles. The smallest absolute Gasteiger partial charge is 0.314 e. The van der Waals surface area contributed by atoms with E-state index in [2.05, 4.69) is 10.3 Å². The first kappa shape index (κ1) is 15.7. The van der Waals surface area contributed by atoms with E-state index < -0.39 is 5.95 Å². The molecular weight excluding hydrogens is 352 g/mol. The van der Waals surface area contributed by atoms with Crippen LogP contribution in [0, 0.1) is 5.95 Å². The summed E-state index contributed by atoms with van der Waals surface area (Å²) in [5.41, 5.74) is 1.96. The Kier molecular flexibility index (Phi) is 3.85. The molecule has 1 aromatic heterocycles. The highest BCUT2D eigenvalue weighted by Gasteiger charge is 2.43. The predicted octanol–water partition coefficient (Wildman–Crippen LogP) is 4.82. The molecule has 1 saturated heterocycles. The van der Waals surface area contributed by atoms with Crippen molar-refractivity contribution in [3.63, 3.8) is 0 Å². The molecule has 2 amide bonds. The molecule has 2 bridgehead atoms. The number of hydrogen-bond donors (Lipinski definition) is 1. The van der Waals surface area contributed by atoms with E-state index in [1.54, 1.807) is 29.2 Å². The van der Waals surface area contributed by atoms with Gasteiger partial charge in [0, 0.05) is 17.8 Å². The minimum absolute atomic E-state index is 0.0286. The summed E-state index contributed by atoms with van der Waals surface area (Å²) in [5, 5.41) is 3.52. The number of fused-ring (bicyclic) bond motifs is 4. The molecule has 4 nitrogen and oxygen atoms in total. The molecule has 2 aliphatic heterocycles. The first-order valence-electron chi connectivity index (χ1n) is 7.73. The number of carbonyl (C=O) groups excluding carboxylic acids is 1. The Balaban J connectivity index is 1.63. The van der Waals surface area contributed by atoms with Gasteiger partial charge in [0.2, 0.25) is 5.95 Å². The quantitative estimate of drug-likeness (QED) is 0.736. The summed E-state index contributed by atoms with van der Waals surface area (Å²) in [6, 6.07) is 6.50. The molecule has 0 aliphatic carbocycles. The van der Waals surface area contributed by atoms with Gasteiger partial charge in [0.05, 0.1) is 21.8 Å². The number of hydrogen-bond acceptors (Lipinski definition) is 2. The van der Waals surface area contributed by atoms with E-state index in [0.717, 1.165) is 18.4 Å². The Morgan fingerprint density at radius 1 is 1.29 bits per heavy atom. The number of aromatic nitrogens is 1. The summed E-state index contributed by atoms with van der Waals surface area (Å²) >= 11 is 12.1. The molecule has 2 aliphatic rings. The van der Waals surface area contributed by atoms with Crippen LogP contribution < -0.4 is 5.32 Å². The predicted molar refractivity (Wildman–Crippen MR) is 91.0 cm³/mol. The highest BCUT2D eigenvalue weighted by atomic mass is 35.5. The Morgan fingerprint density at radius 2 is 2.12 bits per heavy atom. The second-order valence-corrected chi connectivity index (χ2v) is 6.84. The largest absolute Gasteiger partial charge is 0.322 e. The highest BCUT2D eigenvalue weighted by Crippen LogP contribution is 2.44. The maximum absolute atomic E-state index is 14.0. The van der Waals surface area contributed by atoms with Gasteiger partial charge in [-0.2, -0.15) is 4.39 Å². The Hall–Kier alpha value is -1.85. The van der Waals surface area contributed by atoms with Gasteiger partial charge >= 0.3 is 6.03 Å². The number of urea groups is 1. The van der Waals surface area contributed by atoms with Gasteiger partial charge < -0.3 is 10.2 Å². The summed E-state index contributed by atoms with van der Waals surface area (Å²) in [6.45, 7) is 0. The molecule has 124 valence electrons. The number of rotatable bonds is 1. The molecule has 1 fully saturated rings. The van der Waals surface area contributed by atoms with Crippen molar-refractivity contribution in [3.05, 3.63) is 57.6 Å². The van der Waals surface area contributed by atoms with Gasteiger partial charge in [-0.05, 0) is 43.0 Å². The number of halogens is 3. The summed E-state index contributed by atoms with van der Waals surface area (Å²) in [4.78, 5) is 18.3. The fourth-order valence-corrected chi connectivity index (χ4v) is 4.05. The summed E-state index contributed by atoms with van der Waals surface area (Å²) in [7, 11) is 0. The van der Waals surface area contributed by atoms with E-state index in [0.29, 0.717) is 27.7 Å². The molecule has 0 radical (unpaired) electrons. The monoisotopic (exact) mass is 365 g/mol. The summed E-state index contributed by atoms with van der Waals surface area (Å²) < 4.78 is 14.0. The third kappa shape index (κ3) is 2.43. The molecular formula is C17H14Cl2FN3O. The van der Waals surface area contributed by atoms with Crippen molar-refractivity contribution < 1.29 is 9.18 Å². The third-order valence-corrected chi connectivity index (χ3v) is 5.59. The van der Waals surface area contributed by atoms with E-state index in [-0.39, 0.29) is 18.1 Å². The van der Waals surface area contributed by atoms with Gasteiger partial charge in [0.15, 0.2) is 0 Å². The van der Waals surface area contributed by atoms with Crippen LogP contribution >= 0.6 is 23.2 Å². The van der Waals surface area contributed by atoms with Gasteiger partial charge in [-0.15, -0.1) is 0 Å². The van der Waals surface area contributed by atoms with Crippen LogP contribution in [0.3, 0.4) is 0 Å². The number of benzene rings is 1. The average molecular weight is 366 g/mol. The Morgan fingerprint density at radius 3 is 2.96 bits per heavy atom. The average Bonchev–Trinajstić information content (AvgIpc) is 2.88. The maximum Gasteiger partial charge on any atom is 0.322 e. The van der Waals surface area contributed by atoms with Crippen molar-refractivity contribution >= 4 is 34.9 Å². The zero-order valence-electron chi connectivity index (χ0n) is 12.6. The fraction of sp³-hybridized carbons (Fsp3) is 0.294. The lowest BCUT2D eigenvalue weighted by Gasteiger charge is -2.36. The number of nitrogens with one attached hydrogen (secondary N) is 1. The first-order valence-corrected chi connectivity index (χ1v) is 8.48. The first-order chi connectivity index (χ1) is 11.6. The van der Waals surface area contributed by atoms with Crippen LogP contribution in [0.25, 0.3) is 0 Å². The van der Waals surface area contributed by atoms with Crippen LogP contribution in [0.5, 0.6) is 0 Å². The van der Waals surface area contributed by atoms with E-state index >= 15 is 0 Å². The van der Waals surface area contributed by atoms with Crippen LogP contribution in [0.4, 0.5) is 14.9 Å². The lowest BCUT2D eigenvalue weighted by molar-refractivity contribution is 0.178. The Labute approximate surface area is 148 Å². The van der Waals surface area contributed by atoms with Crippen LogP contribution in [0.15, 0.2) is 30.5 Å². The van der Waals surface area contributed by atoms with Crippen LogP contribution in [-0.2, 0) is 6.42 Å². The zero-order valence-corrected chi connectivity index (χ0v) is 14.1. The molecule has 7 heteroatoms. The minimum Gasteiger partial charge on any atom is -0.314 e. The molecule has 0 spiro atoms. The second-order valence-electron chi connectivity index (χ2n) is 6.06. The number of amides is 2. The van der Waals surface area contributed by atoms with E-state index in [9.17, 15) is 9.18 Å². The molecule has 2 aromatic rings. The number of anilines is 1. The van der Waals surface area contributed by atoms with Crippen LogP contribution in [-0.4, -0.2) is 22.0 Å². The maximum atomic E-state index is 14.0. The molecule has 4 rings (SSSR count). The topological polar surface area (TPSA) is 45.2 Å².